The Labute approximate surface area is 146 Å². The number of ether oxygens (including phenoxy) is 1. The number of nitrogens with zero attached hydrogens (tertiary/aromatic N) is 4. The van der Waals surface area contributed by atoms with Crippen LogP contribution in [-0.4, -0.2) is 26.8 Å². The number of aryl methyl sites for hydroxylation is 1. The quantitative estimate of drug-likeness (QED) is 0.710. The molecule has 2 N–H and O–H groups in total. The first-order chi connectivity index (χ1) is 11.9. The number of hydrogen-bond acceptors (Lipinski definition) is 6. The minimum atomic E-state index is -2.89. The first-order valence-electron chi connectivity index (χ1n) is 7.12. The molecule has 2 heterocycles. The van der Waals surface area contributed by atoms with Crippen molar-refractivity contribution in [2.75, 3.05) is 5.73 Å². The molecule has 0 bridgehead atoms. The van der Waals surface area contributed by atoms with E-state index in [1.807, 2.05) is 0 Å². The highest BCUT2D eigenvalue weighted by Crippen LogP contribution is 2.31. The third-order valence-electron chi connectivity index (χ3n) is 3.25. The third-order valence-corrected chi connectivity index (χ3v) is 3.45. The number of alkyl halides is 2. The van der Waals surface area contributed by atoms with E-state index in [1.54, 1.807) is 31.2 Å². The zero-order valence-electron chi connectivity index (χ0n) is 12.9. The Bertz CT molecular complexity index is 885. The summed E-state index contributed by atoms with van der Waals surface area (Å²) in [5.41, 5.74) is 8.53. The molecule has 3 rings (SSSR count). The summed E-state index contributed by atoms with van der Waals surface area (Å²) in [5.74, 6) is 0.0293. The smallest absolute Gasteiger partial charge is 0.387 e. The van der Waals surface area contributed by atoms with E-state index >= 15 is 0 Å². The molecule has 128 valence electrons. The zero-order valence-corrected chi connectivity index (χ0v) is 13.7. The number of anilines is 1. The van der Waals surface area contributed by atoms with Crippen LogP contribution in [0.2, 0.25) is 5.15 Å². The van der Waals surface area contributed by atoms with Crippen molar-refractivity contribution in [1.82, 2.24) is 20.2 Å². The zero-order chi connectivity index (χ0) is 18.0. The normalized spacial score (nSPS) is 10.9. The molecule has 3 aromatic rings. The van der Waals surface area contributed by atoms with Crippen molar-refractivity contribution in [1.29, 1.82) is 0 Å². The maximum Gasteiger partial charge on any atom is 0.387 e. The van der Waals surface area contributed by atoms with E-state index in [-0.39, 0.29) is 11.7 Å². The first kappa shape index (κ1) is 17.0. The van der Waals surface area contributed by atoms with Gasteiger partial charge in [-0.25, -0.2) is 9.97 Å². The summed E-state index contributed by atoms with van der Waals surface area (Å²) in [6, 6.07) is 9.41. The Morgan fingerprint density at radius 2 is 1.72 bits per heavy atom. The summed E-state index contributed by atoms with van der Waals surface area (Å²) in [5, 5.41) is 8.20. The third kappa shape index (κ3) is 3.97. The van der Waals surface area contributed by atoms with E-state index in [4.69, 9.17) is 17.3 Å². The van der Waals surface area contributed by atoms with Crippen molar-refractivity contribution in [2.45, 2.75) is 13.5 Å². The second-order valence-corrected chi connectivity index (χ2v) is 5.48. The molecule has 0 atom stereocenters. The molecule has 0 radical (unpaired) electrons. The fourth-order valence-electron chi connectivity index (χ4n) is 2.29. The lowest BCUT2D eigenvalue weighted by molar-refractivity contribution is -0.0498. The fourth-order valence-corrected chi connectivity index (χ4v) is 2.54. The van der Waals surface area contributed by atoms with E-state index in [9.17, 15) is 8.78 Å². The lowest BCUT2D eigenvalue weighted by Gasteiger charge is -2.10. The topological polar surface area (TPSA) is 86.8 Å². The molecule has 0 unspecified atom stereocenters. The van der Waals surface area contributed by atoms with Crippen LogP contribution in [0.3, 0.4) is 0 Å². The number of benzene rings is 1. The van der Waals surface area contributed by atoms with Gasteiger partial charge in [0.05, 0.1) is 0 Å². The summed E-state index contributed by atoms with van der Waals surface area (Å²) < 4.78 is 28.9. The predicted octanol–water partition coefficient (Wildman–Crippen LogP) is 3.75. The van der Waals surface area contributed by atoms with E-state index in [2.05, 4.69) is 24.9 Å². The Hall–Kier alpha value is -2.87. The highest BCUT2D eigenvalue weighted by atomic mass is 35.5. The Balaban J connectivity index is 2.08. The molecule has 25 heavy (non-hydrogen) atoms. The number of hydrogen-bond donors (Lipinski definition) is 1. The van der Waals surface area contributed by atoms with Gasteiger partial charge in [-0.05, 0) is 43.3 Å². The highest BCUT2D eigenvalue weighted by molar-refractivity contribution is 6.29. The SMILES string of the molecule is Cc1cc(-c2nnc(N)nc2-c2ccc(OC(F)F)cc2)cc(Cl)n1. The van der Waals surface area contributed by atoms with Gasteiger partial charge in [0.2, 0.25) is 5.95 Å². The maximum absolute atomic E-state index is 12.3. The number of nitrogens with two attached hydrogens (primary N) is 1. The monoisotopic (exact) mass is 363 g/mol. The van der Waals surface area contributed by atoms with Gasteiger partial charge in [0, 0.05) is 16.8 Å². The number of aromatic nitrogens is 4. The largest absolute Gasteiger partial charge is 0.435 e. The van der Waals surface area contributed by atoms with E-state index in [0.717, 1.165) is 0 Å². The Morgan fingerprint density at radius 1 is 1.00 bits per heavy atom. The average Bonchev–Trinajstić information content (AvgIpc) is 2.54. The van der Waals surface area contributed by atoms with Crippen LogP contribution < -0.4 is 10.5 Å². The van der Waals surface area contributed by atoms with Crippen LogP contribution in [0.15, 0.2) is 36.4 Å². The van der Waals surface area contributed by atoms with Gasteiger partial charge in [-0.1, -0.05) is 11.6 Å². The second kappa shape index (κ2) is 6.94. The van der Waals surface area contributed by atoms with Crippen molar-refractivity contribution in [3.05, 3.63) is 47.2 Å². The first-order valence-corrected chi connectivity index (χ1v) is 7.50. The molecule has 0 spiro atoms. The molecule has 0 fully saturated rings. The minimum Gasteiger partial charge on any atom is -0.435 e. The van der Waals surface area contributed by atoms with Gasteiger partial charge in [0.1, 0.15) is 22.3 Å². The van der Waals surface area contributed by atoms with Gasteiger partial charge in [-0.2, -0.15) is 8.78 Å². The van der Waals surface area contributed by atoms with Crippen LogP contribution in [0.5, 0.6) is 5.75 Å². The molecular formula is C16H12ClF2N5O. The summed E-state index contributed by atoms with van der Waals surface area (Å²) in [6.45, 7) is -1.09. The van der Waals surface area contributed by atoms with Crippen LogP contribution in [0, 0.1) is 6.92 Å². The molecule has 0 aliphatic rings. The molecule has 1 aromatic carbocycles. The van der Waals surface area contributed by atoms with Gasteiger partial charge < -0.3 is 10.5 Å². The van der Waals surface area contributed by atoms with Gasteiger partial charge >= 0.3 is 6.61 Å². The van der Waals surface area contributed by atoms with Crippen LogP contribution in [0.4, 0.5) is 14.7 Å². The lowest BCUT2D eigenvalue weighted by atomic mass is 10.0. The minimum absolute atomic E-state index is 0.0106. The number of pyridine rings is 1. The summed E-state index contributed by atoms with van der Waals surface area (Å²) >= 11 is 6.01. The fraction of sp³-hybridized carbons (Fsp3) is 0.125. The molecule has 6 nitrogen and oxygen atoms in total. The molecule has 0 aliphatic carbocycles. The molecule has 0 saturated carbocycles. The van der Waals surface area contributed by atoms with E-state index < -0.39 is 6.61 Å². The van der Waals surface area contributed by atoms with E-state index in [1.165, 1.54) is 12.1 Å². The van der Waals surface area contributed by atoms with E-state index in [0.29, 0.717) is 33.4 Å². The highest BCUT2D eigenvalue weighted by Gasteiger charge is 2.15. The van der Waals surface area contributed by atoms with Gasteiger partial charge in [0.25, 0.3) is 0 Å². The molecular weight excluding hydrogens is 352 g/mol. The summed E-state index contributed by atoms with van der Waals surface area (Å²) in [6.07, 6.45) is 0. The molecule has 0 aliphatic heterocycles. The summed E-state index contributed by atoms with van der Waals surface area (Å²) in [4.78, 5) is 8.32. The lowest BCUT2D eigenvalue weighted by Crippen LogP contribution is -2.03. The summed E-state index contributed by atoms with van der Waals surface area (Å²) in [7, 11) is 0. The number of halogens is 3. The Kier molecular flexibility index (Phi) is 4.71. The van der Waals surface area contributed by atoms with Crippen LogP contribution >= 0.6 is 11.6 Å². The van der Waals surface area contributed by atoms with Crippen molar-refractivity contribution in [2.24, 2.45) is 0 Å². The van der Waals surface area contributed by atoms with Crippen molar-refractivity contribution >= 4 is 17.5 Å². The molecule has 9 heteroatoms. The van der Waals surface area contributed by atoms with Gasteiger partial charge in [-0.15, -0.1) is 10.2 Å². The van der Waals surface area contributed by atoms with Gasteiger partial charge in [-0.3, -0.25) is 0 Å². The molecule has 0 saturated heterocycles. The van der Waals surface area contributed by atoms with Gasteiger partial charge in [0.15, 0.2) is 0 Å². The van der Waals surface area contributed by atoms with Crippen LogP contribution in [0.25, 0.3) is 22.5 Å². The predicted molar refractivity (Wildman–Crippen MR) is 89.3 cm³/mol. The van der Waals surface area contributed by atoms with Crippen molar-refractivity contribution < 1.29 is 13.5 Å². The van der Waals surface area contributed by atoms with Crippen LogP contribution in [0.1, 0.15) is 5.69 Å². The maximum atomic E-state index is 12.3. The molecule has 0 amide bonds. The second-order valence-electron chi connectivity index (χ2n) is 5.09. The average molecular weight is 364 g/mol. The van der Waals surface area contributed by atoms with Crippen molar-refractivity contribution in [3.63, 3.8) is 0 Å². The number of nitrogen functional groups attached to an aromatic ring is 1. The number of rotatable bonds is 4. The standard InChI is InChI=1S/C16H12ClF2N5O/c1-8-6-10(7-12(17)21-8)14-13(22-16(20)24-23-14)9-2-4-11(5-3-9)25-15(18)19/h2-7,15H,1H3,(H2,20,22,24). The van der Waals surface area contributed by atoms with Crippen LogP contribution in [-0.2, 0) is 0 Å². The Morgan fingerprint density at radius 3 is 2.36 bits per heavy atom. The van der Waals surface area contributed by atoms with Crippen molar-refractivity contribution in [3.8, 4) is 28.3 Å². The molecule has 2 aromatic heterocycles.